The predicted octanol–water partition coefficient (Wildman–Crippen LogP) is 1.18. The highest BCUT2D eigenvalue weighted by Gasteiger charge is 2.16. The fourth-order valence-corrected chi connectivity index (χ4v) is 1.57. The molecule has 2 rings (SSSR count). The van der Waals surface area contributed by atoms with Gasteiger partial charge in [-0.05, 0) is 24.6 Å². The first-order valence-electron chi connectivity index (χ1n) is 5.64. The van der Waals surface area contributed by atoms with E-state index >= 15 is 0 Å². The van der Waals surface area contributed by atoms with Crippen LogP contribution in [0.4, 0.5) is 4.39 Å². The zero-order valence-electron chi connectivity index (χ0n) is 9.71. The molecule has 1 unspecified atom stereocenters. The number of nitrogens with zero attached hydrogens (tertiary/aromatic N) is 2. The Balaban J connectivity index is 2.09. The molecule has 0 saturated heterocycles. The normalized spacial score (nSPS) is 12.6. The molecule has 1 atom stereocenters. The fraction of sp³-hybridized carbons (Fsp3) is 0.333. The van der Waals surface area contributed by atoms with Crippen molar-refractivity contribution in [1.82, 2.24) is 10.1 Å². The molecule has 0 bridgehead atoms. The van der Waals surface area contributed by atoms with Crippen molar-refractivity contribution < 1.29 is 14.0 Å². The summed E-state index contributed by atoms with van der Waals surface area (Å²) in [6, 6.07) is 6.38. The number of benzene rings is 1. The minimum absolute atomic E-state index is 0.117. The highest BCUT2D eigenvalue weighted by molar-refractivity contribution is 5.20. The molecule has 1 heterocycles. The van der Waals surface area contributed by atoms with Crippen LogP contribution in [-0.2, 0) is 6.42 Å². The van der Waals surface area contributed by atoms with Gasteiger partial charge < -0.3 is 15.4 Å². The van der Waals surface area contributed by atoms with Crippen LogP contribution in [0.15, 0.2) is 28.8 Å². The first-order valence-corrected chi connectivity index (χ1v) is 5.64. The molecule has 0 spiro atoms. The van der Waals surface area contributed by atoms with Gasteiger partial charge in [-0.3, -0.25) is 0 Å². The summed E-state index contributed by atoms with van der Waals surface area (Å²) in [7, 11) is 0. The summed E-state index contributed by atoms with van der Waals surface area (Å²) < 4.78 is 18.3. The first-order chi connectivity index (χ1) is 8.70. The number of hydrogen-bond acceptors (Lipinski definition) is 5. The van der Waals surface area contributed by atoms with E-state index < -0.39 is 6.10 Å². The Morgan fingerprint density at radius 1 is 1.39 bits per heavy atom. The van der Waals surface area contributed by atoms with Crippen LogP contribution in [0.5, 0.6) is 0 Å². The van der Waals surface area contributed by atoms with Gasteiger partial charge in [-0.15, -0.1) is 0 Å². The number of aliphatic hydroxyl groups is 1. The number of hydrogen-bond donors (Lipinski definition) is 2. The van der Waals surface area contributed by atoms with Crippen LogP contribution in [0.25, 0.3) is 0 Å². The van der Waals surface area contributed by atoms with Gasteiger partial charge >= 0.3 is 0 Å². The zero-order chi connectivity index (χ0) is 13.0. The standard InChI is InChI=1S/C12H14FN3O2/c13-9-4-2-1-3-8(9)7-11-15-12(18-16-11)10(17)5-6-14/h1-4,10,17H,5-7,14H2. The summed E-state index contributed by atoms with van der Waals surface area (Å²) in [5.74, 6) is 0.143. The van der Waals surface area contributed by atoms with Crippen molar-refractivity contribution in [2.45, 2.75) is 18.9 Å². The van der Waals surface area contributed by atoms with Crippen molar-refractivity contribution in [1.29, 1.82) is 0 Å². The van der Waals surface area contributed by atoms with Crippen molar-refractivity contribution in [2.75, 3.05) is 6.54 Å². The first kappa shape index (κ1) is 12.7. The minimum Gasteiger partial charge on any atom is -0.383 e. The second-order valence-electron chi connectivity index (χ2n) is 3.91. The van der Waals surface area contributed by atoms with Crippen LogP contribution in [0.3, 0.4) is 0 Å². The van der Waals surface area contributed by atoms with Gasteiger partial charge in [0.25, 0.3) is 5.89 Å². The monoisotopic (exact) mass is 251 g/mol. The van der Waals surface area contributed by atoms with Gasteiger partial charge in [-0.25, -0.2) is 4.39 Å². The van der Waals surface area contributed by atoms with Gasteiger partial charge in [0.1, 0.15) is 11.9 Å². The summed E-state index contributed by atoms with van der Waals surface area (Å²) >= 11 is 0. The Morgan fingerprint density at radius 3 is 2.89 bits per heavy atom. The average Bonchev–Trinajstić information content (AvgIpc) is 2.81. The molecule has 0 aliphatic carbocycles. The van der Waals surface area contributed by atoms with Crippen molar-refractivity contribution in [3.05, 3.63) is 47.4 Å². The van der Waals surface area contributed by atoms with E-state index in [2.05, 4.69) is 10.1 Å². The third-order valence-corrected chi connectivity index (χ3v) is 2.52. The molecule has 6 heteroatoms. The molecule has 3 N–H and O–H groups in total. The minimum atomic E-state index is -0.864. The van der Waals surface area contributed by atoms with Gasteiger partial charge in [0.15, 0.2) is 5.82 Å². The summed E-state index contributed by atoms with van der Waals surface area (Å²) in [5.41, 5.74) is 5.80. The molecule has 5 nitrogen and oxygen atoms in total. The van der Waals surface area contributed by atoms with Crippen LogP contribution < -0.4 is 5.73 Å². The lowest BCUT2D eigenvalue weighted by Gasteiger charge is -2.01. The van der Waals surface area contributed by atoms with Gasteiger partial charge in [-0.1, -0.05) is 23.4 Å². The van der Waals surface area contributed by atoms with Crippen LogP contribution in [-0.4, -0.2) is 21.8 Å². The van der Waals surface area contributed by atoms with Crippen LogP contribution >= 0.6 is 0 Å². The lowest BCUT2D eigenvalue weighted by molar-refractivity contribution is 0.127. The molecule has 1 aromatic heterocycles. The molecule has 1 aromatic carbocycles. The predicted molar refractivity (Wildman–Crippen MR) is 62.1 cm³/mol. The average molecular weight is 251 g/mol. The molecule has 0 radical (unpaired) electrons. The van der Waals surface area contributed by atoms with Crippen LogP contribution in [0, 0.1) is 5.82 Å². The topological polar surface area (TPSA) is 85.2 Å². The third kappa shape index (κ3) is 2.91. The summed E-state index contributed by atoms with van der Waals surface area (Å²) in [4.78, 5) is 4.02. The molecular formula is C12H14FN3O2. The third-order valence-electron chi connectivity index (χ3n) is 2.52. The summed E-state index contributed by atoms with van der Waals surface area (Å²) in [5, 5.41) is 13.3. The molecule has 0 aliphatic rings. The number of aliphatic hydroxyl groups excluding tert-OH is 1. The van der Waals surface area contributed by atoms with Crippen LogP contribution in [0.1, 0.15) is 29.8 Å². The molecule has 96 valence electrons. The van der Waals surface area contributed by atoms with Gasteiger partial charge in [0.05, 0.1) is 0 Å². The van der Waals surface area contributed by atoms with E-state index in [4.69, 9.17) is 10.3 Å². The van der Waals surface area contributed by atoms with E-state index in [0.717, 1.165) is 0 Å². The van der Waals surface area contributed by atoms with Crippen LogP contribution in [0.2, 0.25) is 0 Å². The van der Waals surface area contributed by atoms with E-state index in [1.807, 2.05) is 0 Å². The summed E-state index contributed by atoms with van der Waals surface area (Å²) in [6.07, 6.45) is -0.288. The van der Waals surface area contributed by atoms with E-state index in [9.17, 15) is 9.50 Å². The smallest absolute Gasteiger partial charge is 0.255 e. The van der Waals surface area contributed by atoms with E-state index in [1.54, 1.807) is 18.2 Å². The van der Waals surface area contributed by atoms with E-state index in [1.165, 1.54) is 6.07 Å². The van der Waals surface area contributed by atoms with Crippen molar-refractivity contribution in [3.63, 3.8) is 0 Å². The number of halogens is 1. The van der Waals surface area contributed by atoms with E-state index in [0.29, 0.717) is 24.4 Å². The van der Waals surface area contributed by atoms with Gasteiger partial charge in [-0.2, -0.15) is 4.98 Å². The van der Waals surface area contributed by atoms with Gasteiger partial charge in [0.2, 0.25) is 0 Å². The number of aromatic nitrogens is 2. The zero-order valence-corrected chi connectivity index (χ0v) is 9.71. The second kappa shape index (κ2) is 5.70. The molecule has 0 saturated carbocycles. The highest BCUT2D eigenvalue weighted by atomic mass is 19.1. The number of rotatable bonds is 5. The fourth-order valence-electron chi connectivity index (χ4n) is 1.57. The SMILES string of the molecule is NCCC(O)c1nc(Cc2ccccc2F)no1. The second-order valence-corrected chi connectivity index (χ2v) is 3.91. The Bertz CT molecular complexity index is 516. The Labute approximate surface area is 103 Å². The molecule has 18 heavy (non-hydrogen) atoms. The lowest BCUT2D eigenvalue weighted by atomic mass is 10.1. The molecule has 0 aliphatic heterocycles. The summed E-state index contributed by atoms with van der Waals surface area (Å²) in [6.45, 7) is 0.326. The maximum atomic E-state index is 13.4. The molecule has 0 amide bonds. The maximum Gasteiger partial charge on any atom is 0.255 e. The largest absolute Gasteiger partial charge is 0.383 e. The van der Waals surface area contributed by atoms with Gasteiger partial charge in [0, 0.05) is 6.42 Å². The maximum absolute atomic E-state index is 13.4. The van der Waals surface area contributed by atoms with Crippen molar-refractivity contribution in [3.8, 4) is 0 Å². The van der Waals surface area contributed by atoms with E-state index in [-0.39, 0.29) is 18.1 Å². The highest BCUT2D eigenvalue weighted by Crippen LogP contribution is 2.16. The quantitative estimate of drug-likeness (QED) is 0.833. The number of nitrogens with two attached hydrogens (primary N) is 1. The Kier molecular flexibility index (Phi) is 4.01. The Morgan fingerprint density at radius 2 is 2.17 bits per heavy atom. The van der Waals surface area contributed by atoms with Crippen molar-refractivity contribution in [2.24, 2.45) is 5.73 Å². The van der Waals surface area contributed by atoms with Crippen molar-refractivity contribution >= 4 is 0 Å². The Hall–Kier alpha value is -1.79. The lowest BCUT2D eigenvalue weighted by Crippen LogP contribution is -2.07. The molecular weight excluding hydrogens is 237 g/mol. The molecule has 2 aromatic rings. The molecule has 0 fully saturated rings.